The molecular weight excluding hydrogens is 214 g/mol. The lowest BCUT2D eigenvalue weighted by molar-refractivity contribution is 0.342. The highest BCUT2D eigenvalue weighted by atomic mass is 32.2. The first-order valence-electron chi connectivity index (χ1n) is 5.02. The summed E-state index contributed by atoms with van der Waals surface area (Å²) in [6.07, 6.45) is 6.27. The van der Waals surface area contributed by atoms with Crippen molar-refractivity contribution in [3.8, 4) is 0 Å². The molecule has 1 aliphatic heterocycles. The van der Waals surface area contributed by atoms with Crippen LogP contribution in [0.25, 0.3) is 0 Å². The van der Waals surface area contributed by atoms with Crippen LogP contribution in [0.2, 0.25) is 0 Å². The smallest absolute Gasteiger partial charge is 0.178 e. The lowest BCUT2D eigenvalue weighted by Crippen LogP contribution is -2.29. The quantitative estimate of drug-likeness (QED) is 0.787. The molecule has 0 radical (unpaired) electrons. The summed E-state index contributed by atoms with van der Waals surface area (Å²) < 4.78 is 24.3. The first-order valence-corrected chi connectivity index (χ1v) is 6.91. The van der Waals surface area contributed by atoms with E-state index in [1.807, 2.05) is 0 Å². The van der Waals surface area contributed by atoms with Gasteiger partial charge in [0, 0.05) is 12.5 Å². The first kappa shape index (κ1) is 10.6. The van der Waals surface area contributed by atoms with E-state index in [4.69, 9.17) is 0 Å². The summed E-state index contributed by atoms with van der Waals surface area (Å²) in [6, 6.07) is 0.335. The molecule has 0 bridgehead atoms. The van der Waals surface area contributed by atoms with Gasteiger partial charge in [0.05, 0.1) is 12.2 Å². The van der Waals surface area contributed by atoms with Gasteiger partial charge in [0.25, 0.3) is 0 Å². The van der Waals surface area contributed by atoms with Crippen LogP contribution in [0.5, 0.6) is 0 Å². The van der Waals surface area contributed by atoms with Gasteiger partial charge in [-0.3, -0.25) is 4.68 Å². The molecule has 0 aliphatic carbocycles. The maximum absolute atomic E-state index is 11.3. The molecule has 15 heavy (non-hydrogen) atoms. The summed E-state index contributed by atoms with van der Waals surface area (Å²) in [5, 5.41) is 7.38. The van der Waals surface area contributed by atoms with Crippen LogP contribution in [0.4, 0.5) is 0 Å². The Morgan fingerprint density at radius 1 is 1.47 bits per heavy atom. The molecule has 0 atom stereocenters. The Balaban J connectivity index is 2.19. The summed E-state index contributed by atoms with van der Waals surface area (Å²) in [5.41, 5.74) is 0. The standard InChI is InChI=1S/C9H15N3O2S/c1-15(13,14)9-6-11-12(7-9)8-2-4-10-5-3-8/h6-8,10H,2-5H2,1H3. The number of nitrogens with zero attached hydrogens (tertiary/aromatic N) is 2. The molecule has 1 saturated heterocycles. The third-order valence-electron chi connectivity index (χ3n) is 2.69. The molecule has 1 N–H and O–H groups in total. The number of rotatable bonds is 2. The average molecular weight is 229 g/mol. The van der Waals surface area contributed by atoms with Crippen molar-refractivity contribution in [1.29, 1.82) is 0 Å². The van der Waals surface area contributed by atoms with Gasteiger partial charge in [-0.2, -0.15) is 5.10 Å². The van der Waals surface area contributed by atoms with E-state index in [9.17, 15) is 8.42 Å². The largest absolute Gasteiger partial charge is 0.317 e. The van der Waals surface area contributed by atoms with E-state index in [2.05, 4.69) is 10.4 Å². The zero-order valence-electron chi connectivity index (χ0n) is 8.68. The average Bonchev–Trinajstić information content (AvgIpc) is 2.67. The van der Waals surface area contributed by atoms with Crippen LogP contribution in [0.3, 0.4) is 0 Å². The predicted octanol–water partition coefficient (Wildman–Crippen LogP) is 0.211. The number of nitrogens with one attached hydrogen (secondary N) is 1. The van der Waals surface area contributed by atoms with Crippen LogP contribution in [-0.4, -0.2) is 37.5 Å². The molecule has 0 aromatic carbocycles. The van der Waals surface area contributed by atoms with Gasteiger partial charge < -0.3 is 5.32 Å². The fraction of sp³-hybridized carbons (Fsp3) is 0.667. The van der Waals surface area contributed by atoms with E-state index in [-0.39, 0.29) is 0 Å². The summed E-state index contributed by atoms with van der Waals surface area (Å²) in [4.78, 5) is 0.307. The van der Waals surface area contributed by atoms with Crippen LogP contribution in [0.15, 0.2) is 17.3 Å². The van der Waals surface area contributed by atoms with Gasteiger partial charge in [-0.1, -0.05) is 0 Å². The Morgan fingerprint density at radius 3 is 2.67 bits per heavy atom. The van der Waals surface area contributed by atoms with Gasteiger partial charge in [-0.25, -0.2) is 8.42 Å². The Morgan fingerprint density at radius 2 is 2.13 bits per heavy atom. The maximum Gasteiger partial charge on any atom is 0.178 e. The molecule has 84 valence electrons. The van der Waals surface area contributed by atoms with E-state index in [1.165, 1.54) is 12.5 Å². The molecule has 1 aromatic heterocycles. The fourth-order valence-corrected chi connectivity index (χ4v) is 2.32. The van der Waals surface area contributed by atoms with Gasteiger partial charge in [0.1, 0.15) is 4.90 Å². The minimum Gasteiger partial charge on any atom is -0.317 e. The highest BCUT2D eigenvalue weighted by Gasteiger charge is 2.17. The lowest BCUT2D eigenvalue weighted by Gasteiger charge is -2.22. The first-order chi connectivity index (χ1) is 7.07. The molecule has 5 nitrogen and oxygen atoms in total. The molecular formula is C9H15N3O2S. The monoisotopic (exact) mass is 229 g/mol. The van der Waals surface area contributed by atoms with E-state index >= 15 is 0 Å². The van der Waals surface area contributed by atoms with Gasteiger partial charge in [-0.15, -0.1) is 0 Å². The zero-order chi connectivity index (χ0) is 10.9. The predicted molar refractivity (Wildman–Crippen MR) is 56.5 cm³/mol. The van der Waals surface area contributed by atoms with Crippen molar-refractivity contribution in [1.82, 2.24) is 15.1 Å². The van der Waals surface area contributed by atoms with Crippen molar-refractivity contribution >= 4 is 9.84 Å². The van der Waals surface area contributed by atoms with Crippen molar-refractivity contribution < 1.29 is 8.42 Å². The molecule has 0 saturated carbocycles. The van der Waals surface area contributed by atoms with E-state index in [0.29, 0.717) is 10.9 Å². The van der Waals surface area contributed by atoms with Crippen molar-refractivity contribution in [2.24, 2.45) is 0 Å². The SMILES string of the molecule is CS(=O)(=O)c1cnn(C2CCNCC2)c1. The number of piperidine rings is 1. The summed E-state index contributed by atoms with van der Waals surface area (Å²) in [7, 11) is -3.12. The van der Waals surface area contributed by atoms with Gasteiger partial charge in [-0.05, 0) is 25.9 Å². The highest BCUT2D eigenvalue weighted by Crippen LogP contribution is 2.19. The molecule has 1 aliphatic rings. The van der Waals surface area contributed by atoms with E-state index < -0.39 is 9.84 Å². The minimum atomic E-state index is -3.12. The molecule has 2 rings (SSSR count). The fourth-order valence-electron chi connectivity index (χ4n) is 1.78. The Kier molecular flexibility index (Phi) is 2.79. The van der Waals surface area contributed by atoms with Crippen molar-refractivity contribution in [2.45, 2.75) is 23.8 Å². The zero-order valence-corrected chi connectivity index (χ0v) is 9.50. The molecule has 6 heteroatoms. The third-order valence-corrected chi connectivity index (χ3v) is 3.76. The van der Waals surface area contributed by atoms with Crippen LogP contribution in [0.1, 0.15) is 18.9 Å². The van der Waals surface area contributed by atoms with Crippen molar-refractivity contribution in [3.63, 3.8) is 0 Å². The van der Waals surface area contributed by atoms with Crippen LogP contribution < -0.4 is 5.32 Å². The molecule has 0 spiro atoms. The summed E-state index contributed by atoms with van der Waals surface area (Å²) >= 11 is 0. The lowest BCUT2D eigenvalue weighted by atomic mass is 10.1. The second kappa shape index (κ2) is 3.94. The molecule has 1 fully saturated rings. The normalized spacial score (nSPS) is 19.3. The Bertz CT molecular complexity index is 432. The topological polar surface area (TPSA) is 64.0 Å². The van der Waals surface area contributed by atoms with E-state index in [0.717, 1.165) is 25.9 Å². The minimum absolute atomic E-state index is 0.307. The van der Waals surface area contributed by atoms with Gasteiger partial charge >= 0.3 is 0 Å². The highest BCUT2D eigenvalue weighted by molar-refractivity contribution is 7.90. The van der Waals surface area contributed by atoms with Crippen molar-refractivity contribution in [2.75, 3.05) is 19.3 Å². The Labute approximate surface area is 89.4 Å². The number of sulfone groups is 1. The third kappa shape index (κ3) is 2.38. The molecule has 1 aromatic rings. The van der Waals surface area contributed by atoms with E-state index in [1.54, 1.807) is 10.9 Å². The van der Waals surface area contributed by atoms with Gasteiger partial charge in [0.15, 0.2) is 9.84 Å². The number of hydrogen-bond donors (Lipinski definition) is 1. The second-order valence-corrected chi connectivity index (χ2v) is 5.93. The summed E-state index contributed by atoms with van der Waals surface area (Å²) in [6.45, 7) is 1.94. The Hall–Kier alpha value is -0.880. The molecule has 2 heterocycles. The summed E-state index contributed by atoms with van der Waals surface area (Å²) in [5.74, 6) is 0. The molecule has 0 unspecified atom stereocenters. The number of hydrogen-bond acceptors (Lipinski definition) is 4. The number of aromatic nitrogens is 2. The maximum atomic E-state index is 11.3. The van der Waals surface area contributed by atoms with Crippen LogP contribution >= 0.6 is 0 Å². The second-order valence-electron chi connectivity index (χ2n) is 3.91. The van der Waals surface area contributed by atoms with Crippen molar-refractivity contribution in [3.05, 3.63) is 12.4 Å². The van der Waals surface area contributed by atoms with Crippen LogP contribution in [-0.2, 0) is 9.84 Å². The molecule has 0 amide bonds. The van der Waals surface area contributed by atoms with Gasteiger partial charge in [0.2, 0.25) is 0 Å². The van der Waals surface area contributed by atoms with Crippen LogP contribution in [0, 0.1) is 0 Å².